The van der Waals surface area contributed by atoms with Crippen LogP contribution in [-0.4, -0.2) is 38.8 Å². The van der Waals surface area contributed by atoms with Crippen LogP contribution < -0.4 is 10.6 Å². The molecule has 1 unspecified atom stereocenters. The number of amides is 1. The molecule has 4 nitrogen and oxygen atoms in total. The molecule has 100 valence electrons. The minimum Gasteiger partial charge on any atom is -0.381 e. The predicted molar refractivity (Wildman–Crippen MR) is 68.9 cm³/mol. The largest absolute Gasteiger partial charge is 0.381 e. The first-order valence-electron chi connectivity index (χ1n) is 6.63. The lowest BCUT2D eigenvalue weighted by Gasteiger charge is -2.33. The zero-order valence-corrected chi connectivity index (χ0v) is 11.3. The van der Waals surface area contributed by atoms with Gasteiger partial charge in [-0.15, -0.1) is 0 Å². The smallest absolute Gasteiger partial charge is 0.224 e. The Balaban J connectivity index is 2.26. The van der Waals surface area contributed by atoms with Gasteiger partial charge >= 0.3 is 0 Å². The molecule has 1 fully saturated rings. The van der Waals surface area contributed by atoms with Crippen LogP contribution in [0.4, 0.5) is 0 Å². The zero-order valence-electron chi connectivity index (χ0n) is 11.3. The molecule has 2 N–H and O–H groups in total. The molecule has 17 heavy (non-hydrogen) atoms. The molecule has 1 amide bonds. The first kappa shape index (κ1) is 14.5. The lowest BCUT2D eigenvalue weighted by molar-refractivity contribution is -0.125. The van der Waals surface area contributed by atoms with Crippen molar-refractivity contribution in [1.82, 2.24) is 10.6 Å². The van der Waals surface area contributed by atoms with Gasteiger partial charge in [-0.1, -0.05) is 20.8 Å². The van der Waals surface area contributed by atoms with E-state index in [1.54, 1.807) is 0 Å². The van der Waals surface area contributed by atoms with E-state index < -0.39 is 0 Å². The molecule has 0 bridgehead atoms. The van der Waals surface area contributed by atoms with Crippen LogP contribution in [0.15, 0.2) is 0 Å². The second-order valence-corrected chi connectivity index (χ2v) is 5.35. The molecule has 0 aromatic heterocycles. The van der Waals surface area contributed by atoms with Crippen LogP contribution in [0.5, 0.6) is 0 Å². The van der Waals surface area contributed by atoms with E-state index in [4.69, 9.17) is 4.74 Å². The minimum absolute atomic E-state index is 0.0402. The van der Waals surface area contributed by atoms with E-state index >= 15 is 0 Å². The van der Waals surface area contributed by atoms with Crippen molar-refractivity contribution < 1.29 is 9.53 Å². The van der Waals surface area contributed by atoms with E-state index in [0.717, 1.165) is 45.7 Å². The van der Waals surface area contributed by atoms with Gasteiger partial charge in [0.15, 0.2) is 0 Å². The van der Waals surface area contributed by atoms with Gasteiger partial charge in [-0.3, -0.25) is 4.79 Å². The van der Waals surface area contributed by atoms with Gasteiger partial charge in [-0.05, 0) is 24.8 Å². The molecular formula is C13H26N2O2. The summed E-state index contributed by atoms with van der Waals surface area (Å²) in [6.45, 7) is 10.3. The highest BCUT2D eigenvalue weighted by Gasteiger charge is 2.28. The number of hydrogen-bond donors (Lipinski definition) is 2. The second-order valence-electron chi connectivity index (χ2n) is 5.35. The Morgan fingerprint density at radius 1 is 1.41 bits per heavy atom. The first-order valence-corrected chi connectivity index (χ1v) is 6.63. The molecule has 4 heteroatoms. The monoisotopic (exact) mass is 242 g/mol. The van der Waals surface area contributed by atoms with E-state index in [0.29, 0.717) is 0 Å². The Bertz CT molecular complexity index is 238. The maximum absolute atomic E-state index is 11.9. The van der Waals surface area contributed by atoms with Crippen LogP contribution >= 0.6 is 0 Å². The van der Waals surface area contributed by atoms with E-state index in [1.807, 2.05) is 13.8 Å². The van der Waals surface area contributed by atoms with E-state index in [-0.39, 0.29) is 17.2 Å². The molecule has 0 spiro atoms. The van der Waals surface area contributed by atoms with Gasteiger partial charge in [0.2, 0.25) is 5.91 Å². The molecule has 0 aromatic carbocycles. The fourth-order valence-electron chi connectivity index (χ4n) is 1.97. The molecule has 1 heterocycles. The third kappa shape index (κ3) is 5.04. The molecule has 1 aliphatic rings. The molecule has 0 radical (unpaired) electrons. The topological polar surface area (TPSA) is 50.4 Å². The average molecular weight is 242 g/mol. The van der Waals surface area contributed by atoms with Crippen molar-refractivity contribution in [1.29, 1.82) is 0 Å². The molecule has 1 saturated heterocycles. The van der Waals surface area contributed by atoms with Gasteiger partial charge in [-0.2, -0.15) is 0 Å². The highest BCUT2D eigenvalue weighted by atomic mass is 16.5. The van der Waals surface area contributed by atoms with Crippen LogP contribution in [0.25, 0.3) is 0 Å². The Kier molecular flexibility index (Phi) is 5.92. The summed E-state index contributed by atoms with van der Waals surface area (Å²) in [5, 5.41) is 6.26. The summed E-state index contributed by atoms with van der Waals surface area (Å²) in [6.07, 6.45) is 2.07. The Hall–Kier alpha value is -0.610. The summed E-state index contributed by atoms with van der Waals surface area (Å²) >= 11 is 0. The maximum atomic E-state index is 11.9. The van der Waals surface area contributed by atoms with E-state index in [9.17, 15) is 4.79 Å². The summed E-state index contributed by atoms with van der Waals surface area (Å²) in [7, 11) is 0. The maximum Gasteiger partial charge on any atom is 0.224 e. The Morgan fingerprint density at radius 2 is 2.06 bits per heavy atom. The number of ether oxygens (including phenoxy) is 1. The number of carbonyl (C=O) groups is 1. The SMILES string of the molecule is CCNCC(C)C(=O)NCC1(C)CCOCC1. The number of hydrogen-bond acceptors (Lipinski definition) is 3. The first-order chi connectivity index (χ1) is 8.07. The van der Waals surface area contributed by atoms with E-state index in [1.165, 1.54) is 0 Å². The lowest BCUT2D eigenvalue weighted by atomic mass is 9.82. The Morgan fingerprint density at radius 3 is 2.65 bits per heavy atom. The molecule has 1 atom stereocenters. The fraction of sp³-hybridized carbons (Fsp3) is 0.923. The fourth-order valence-corrected chi connectivity index (χ4v) is 1.97. The summed E-state index contributed by atoms with van der Waals surface area (Å²) in [5.41, 5.74) is 0.214. The van der Waals surface area contributed by atoms with Crippen molar-refractivity contribution in [3.05, 3.63) is 0 Å². The molecule has 1 aliphatic heterocycles. The van der Waals surface area contributed by atoms with Crippen LogP contribution in [0, 0.1) is 11.3 Å². The van der Waals surface area contributed by atoms with Crippen LogP contribution in [0.3, 0.4) is 0 Å². The molecular weight excluding hydrogens is 216 g/mol. The van der Waals surface area contributed by atoms with Crippen LogP contribution in [-0.2, 0) is 9.53 Å². The van der Waals surface area contributed by atoms with Gasteiger partial charge in [0.05, 0.1) is 0 Å². The van der Waals surface area contributed by atoms with Gasteiger partial charge in [0.1, 0.15) is 0 Å². The van der Waals surface area contributed by atoms with Crippen molar-refractivity contribution in [3.63, 3.8) is 0 Å². The third-order valence-corrected chi connectivity index (χ3v) is 3.54. The van der Waals surface area contributed by atoms with Crippen LogP contribution in [0.2, 0.25) is 0 Å². The Labute approximate surface area is 104 Å². The van der Waals surface area contributed by atoms with Crippen molar-refractivity contribution in [2.75, 3.05) is 32.8 Å². The second kappa shape index (κ2) is 6.97. The van der Waals surface area contributed by atoms with Crippen molar-refractivity contribution in [2.45, 2.75) is 33.6 Å². The summed E-state index contributed by atoms with van der Waals surface area (Å²) in [5.74, 6) is 0.192. The van der Waals surface area contributed by atoms with E-state index in [2.05, 4.69) is 17.6 Å². The minimum atomic E-state index is 0.0402. The van der Waals surface area contributed by atoms with Gasteiger partial charge in [0, 0.05) is 32.2 Å². The quantitative estimate of drug-likeness (QED) is 0.735. The zero-order chi connectivity index (χ0) is 12.7. The number of rotatable bonds is 6. The summed E-state index contributed by atoms with van der Waals surface area (Å²) < 4.78 is 5.35. The number of carbonyl (C=O) groups excluding carboxylic acids is 1. The molecule has 0 aromatic rings. The number of nitrogens with one attached hydrogen (secondary N) is 2. The normalized spacial score (nSPS) is 20.9. The highest BCUT2D eigenvalue weighted by molar-refractivity contribution is 5.78. The van der Waals surface area contributed by atoms with Crippen LogP contribution in [0.1, 0.15) is 33.6 Å². The van der Waals surface area contributed by atoms with Gasteiger partial charge in [0.25, 0.3) is 0 Å². The standard InChI is InChI=1S/C13H26N2O2/c1-4-14-9-11(2)12(16)15-10-13(3)5-7-17-8-6-13/h11,14H,4-10H2,1-3H3,(H,15,16). The summed E-state index contributed by atoms with van der Waals surface area (Å²) in [6, 6.07) is 0. The van der Waals surface area contributed by atoms with Crippen molar-refractivity contribution >= 4 is 5.91 Å². The highest BCUT2D eigenvalue weighted by Crippen LogP contribution is 2.28. The summed E-state index contributed by atoms with van der Waals surface area (Å²) in [4.78, 5) is 11.9. The third-order valence-electron chi connectivity index (χ3n) is 3.54. The van der Waals surface area contributed by atoms with Gasteiger partial charge < -0.3 is 15.4 Å². The lowest BCUT2D eigenvalue weighted by Crippen LogP contribution is -2.42. The molecule has 0 aliphatic carbocycles. The average Bonchev–Trinajstić information content (AvgIpc) is 2.34. The molecule has 0 saturated carbocycles. The van der Waals surface area contributed by atoms with Gasteiger partial charge in [-0.25, -0.2) is 0 Å². The van der Waals surface area contributed by atoms with Crippen molar-refractivity contribution in [2.24, 2.45) is 11.3 Å². The predicted octanol–water partition coefficient (Wildman–Crippen LogP) is 1.16. The molecule has 1 rings (SSSR count). The van der Waals surface area contributed by atoms with Crippen molar-refractivity contribution in [3.8, 4) is 0 Å².